The smallest absolute Gasteiger partial charge is 0.338 e. The fourth-order valence-electron chi connectivity index (χ4n) is 3.86. The van der Waals surface area contributed by atoms with Gasteiger partial charge in [0.2, 0.25) is 5.95 Å². The van der Waals surface area contributed by atoms with Crippen LogP contribution in [0, 0.1) is 6.92 Å². The second-order valence-electron chi connectivity index (χ2n) is 7.85. The number of ether oxygens (including phenoxy) is 3. The summed E-state index contributed by atoms with van der Waals surface area (Å²) in [6.45, 7) is 8.70. The first-order valence-electron chi connectivity index (χ1n) is 11.1. The molecule has 1 atom stereocenters. The highest BCUT2D eigenvalue weighted by atomic mass is 79.9. The molecule has 1 aliphatic heterocycles. The van der Waals surface area contributed by atoms with Gasteiger partial charge in [0.05, 0.1) is 23.3 Å². The van der Waals surface area contributed by atoms with Crippen molar-refractivity contribution in [1.29, 1.82) is 0 Å². The number of benzene rings is 2. The molecule has 0 saturated heterocycles. The minimum Gasteiger partial charge on any atom is -0.490 e. The number of nitrogens with one attached hydrogen (secondary N) is 1. The van der Waals surface area contributed by atoms with E-state index in [1.165, 1.54) is 11.9 Å². The number of aromatic nitrogens is 3. The molecule has 0 saturated carbocycles. The fraction of sp³-hybridized carbons (Fsp3) is 0.320. The molecule has 2 aromatic carbocycles. The van der Waals surface area contributed by atoms with Crippen molar-refractivity contribution in [1.82, 2.24) is 14.8 Å². The molecule has 0 spiro atoms. The number of allylic oxidation sites excluding steroid dienone is 1. The molecule has 34 heavy (non-hydrogen) atoms. The van der Waals surface area contributed by atoms with Crippen LogP contribution in [0.5, 0.6) is 11.5 Å². The van der Waals surface area contributed by atoms with Gasteiger partial charge in [-0.05, 0) is 66.9 Å². The van der Waals surface area contributed by atoms with Crippen molar-refractivity contribution in [2.45, 2.75) is 40.3 Å². The first kappa shape index (κ1) is 23.8. The maximum Gasteiger partial charge on any atom is 0.338 e. The molecule has 0 radical (unpaired) electrons. The molecule has 2 heterocycles. The van der Waals surface area contributed by atoms with E-state index in [-0.39, 0.29) is 6.61 Å². The third-order valence-corrected chi connectivity index (χ3v) is 6.03. The standard InChI is InChI=1S/C25H27BrN4O4/c1-5-32-20-12-18(11-19(26)23(20)34-13-17-9-7-15(3)8-10-17)22-21(24(31)33-6-2)16(4)29-25-27-14-28-30(22)25/h7-12,14,22H,5-6,13H2,1-4H3,(H,27,28,29). The predicted octanol–water partition coefficient (Wildman–Crippen LogP) is 5.18. The summed E-state index contributed by atoms with van der Waals surface area (Å²) >= 11 is 3.66. The van der Waals surface area contributed by atoms with Crippen LogP contribution in [0.15, 0.2) is 58.5 Å². The number of hydrogen-bond donors (Lipinski definition) is 1. The number of rotatable bonds is 8. The van der Waals surface area contributed by atoms with Crippen molar-refractivity contribution in [3.05, 3.63) is 75.2 Å². The van der Waals surface area contributed by atoms with Gasteiger partial charge in [0.15, 0.2) is 11.5 Å². The molecule has 0 fully saturated rings. The van der Waals surface area contributed by atoms with E-state index in [0.717, 1.165) is 11.1 Å². The van der Waals surface area contributed by atoms with Crippen molar-refractivity contribution in [3.63, 3.8) is 0 Å². The molecule has 1 aliphatic rings. The first-order chi connectivity index (χ1) is 16.4. The lowest BCUT2D eigenvalue weighted by atomic mass is 9.95. The lowest BCUT2D eigenvalue weighted by molar-refractivity contribution is -0.139. The van der Waals surface area contributed by atoms with E-state index >= 15 is 0 Å². The Morgan fingerprint density at radius 3 is 2.59 bits per heavy atom. The highest BCUT2D eigenvalue weighted by Crippen LogP contribution is 2.43. The molecule has 1 N–H and O–H groups in total. The lowest BCUT2D eigenvalue weighted by Gasteiger charge is -2.29. The summed E-state index contributed by atoms with van der Waals surface area (Å²) in [5.41, 5.74) is 4.16. The molecule has 9 heteroatoms. The maximum atomic E-state index is 12.9. The van der Waals surface area contributed by atoms with Crippen molar-refractivity contribution in [3.8, 4) is 11.5 Å². The number of carbonyl (C=O) groups excluding carboxylic acids is 1. The van der Waals surface area contributed by atoms with Crippen molar-refractivity contribution in [2.75, 3.05) is 18.5 Å². The number of carbonyl (C=O) groups is 1. The van der Waals surface area contributed by atoms with Gasteiger partial charge >= 0.3 is 5.97 Å². The second-order valence-corrected chi connectivity index (χ2v) is 8.71. The van der Waals surface area contributed by atoms with Gasteiger partial charge < -0.3 is 19.5 Å². The molecular formula is C25H27BrN4O4. The molecule has 8 nitrogen and oxygen atoms in total. The van der Waals surface area contributed by atoms with Gasteiger partial charge in [-0.3, -0.25) is 0 Å². The number of aryl methyl sites for hydroxylation is 1. The molecule has 3 aromatic rings. The van der Waals surface area contributed by atoms with Gasteiger partial charge in [-0.1, -0.05) is 29.8 Å². The largest absolute Gasteiger partial charge is 0.490 e. The maximum absolute atomic E-state index is 12.9. The third kappa shape index (κ3) is 4.79. The monoisotopic (exact) mass is 526 g/mol. The molecule has 1 unspecified atom stereocenters. The summed E-state index contributed by atoms with van der Waals surface area (Å²) in [6.07, 6.45) is 1.45. The summed E-state index contributed by atoms with van der Waals surface area (Å²) in [6, 6.07) is 11.4. The molecular weight excluding hydrogens is 500 g/mol. The minimum atomic E-state index is -0.542. The van der Waals surface area contributed by atoms with Crippen LogP contribution in [0.1, 0.15) is 43.5 Å². The lowest BCUT2D eigenvalue weighted by Crippen LogP contribution is -2.29. The van der Waals surface area contributed by atoms with E-state index in [1.54, 1.807) is 11.6 Å². The Kier molecular flexibility index (Phi) is 7.21. The Morgan fingerprint density at radius 2 is 1.88 bits per heavy atom. The Labute approximate surface area is 207 Å². The van der Waals surface area contributed by atoms with E-state index in [1.807, 2.05) is 38.1 Å². The zero-order chi connectivity index (χ0) is 24.2. The number of nitrogens with zero attached hydrogens (tertiary/aromatic N) is 3. The Bertz CT molecular complexity index is 1220. The number of fused-ring (bicyclic) bond motifs is 1. The van der Waals surface area contributed by atoms with E-state index in [4.69, 9.17) is 14.2 Å². The van der Waals surface area contributed by atoms with Crippen LogP contribution < -0.4 is 14.8 Å². The van der Waals surface area contributed by atoms with Crippen LogP contribution in [0.2, 0.25) is 0 Å². The van der Waals surface area contributed by atoms with Crippen LogP contribution in [-0.4, -0.2) is 33.9 Å². The molecule has 0 aliphatic carbocycles. The van der Waals surface area contributed by atoms with Crippen molar-refractivity contribution < 1.29 is 19.0 Å². The van der Waals surface area contributed by atoms with Crippen LogP contribution >= 0.6 is 15.9 Å². The SMILES string of the molecule is CCOC(=O)C1=C(C)Nc2ncnn2C1c1cc(Br)c(OCc2ccc(C)cc2)c(OCC)c1. The summed E-state index contributed by atoms with van der Waals surface area (Å²) in [5, 5.41) is 7.50. The first-order valence-corrected chi connectivity index (χ1v) is 11.9. The topological polar surface area (TPSA) is 87.5 Å². The summed E-state index contributed by atoms with van der Waals surface area (Å²) in [5.74, 6) is 1.30. The zero-order valence-electron chi connectivity index (χ0n) is 19.6. The van der Waals surface area contributed by atoms with E-state index < -0.39 is 12.0 Å². The van der Waals surface area contributed by atoms with Gasteiger partial charge in [0.1, 0.15) is 19.0 Å². The second kappa shape index (κ2) is 10.3. The summed E-state index contributed by atoms with van der Waals surface area (Å²) in [4.78, 5) is 17.2. The Morgan fingerprint density at radius 1 is 1.12 bits per heavy atom. The van der Waals surface area contributed by atoms with Crippen LogP contribution in [0.3, 0.4) is 0 Å². The number of esters is 1. The van der Waals surface area contributed by atoms with Gasteiger partial charge in [0, 0.05) is 5.70 Å². The average molecular weight is 527 g/mol. The zero-order valence-corrected chi connectivity index (χ0v) is 21.2. The Balaban J connectivity index is 1.74. The van der Waals surface area contributed by atoms with E-state index in [0.29, 0.717) is 46.4 Å². The number of anilines is 1. The highest BCUT2D eigenvalue weighted by molar-refractivity contribution is 9.10. The molecule has 1 aromatic heterocycles. The van der Waals surface area contributed by atoms with Crippen LogP contribution in [0.4, 0.5) is 5.95 Å². The van der Waals surface area contributed by atoms with E-state index in [9.17, 15) is 4.79 Å². The fourth-order valence-corrected chi connectivity index (χ4v) is 4.44. The third-order valence-electron chi connectivity index (χ3n) is 5.44. The molecule has 4 rings (SSSR count). The number of hydrogen-bond acceptors (Lipinski definition) is 7. The molecule has 0 bridgehead atoms. The van der Waals surface area contributed by atoms with Crippen LogP contribution in [-0.2, 0) is 16.1 Å². The van der Waals surface area contributed by atoms with Crippen LogP contribution in [0.25, 0.3) is 0 Å². The predicted molar refractivity (Wildman–Crippen MR) is 132 cm³/mol. The molecule has 0 amide bonds. The molecule has 178 valence electrons. The van der Waals surface area contributed by atoms with Gasteiger partial charge in [-0.2, -0.15) is 10.1 Å². The average Bonchev–Trinajstić information content (AvgIpc) is 3.27. The normalized spacial score (nSPS) is 14.9. The van der Waals surface area contributed by atoms with Gasteiger partial charge in [-0.25, -0.2) is 9.48 Å². The summed E-state index contributed by atoms with van der Waals surface area (Å²) < 4.78 is 19.8. The highest BCUT2D eigenvalue weighted by Gasteiger charge is 2.35. The Hall–Kier alpha value is -3.33. The van der Waals surface area contributed by atoms with Gasteiger partial charge in [0.25, 0.3) is 0 Å². The summed E-state index contributed by atoms with van der Waals surface area (Å²) in [7, 11) is 0. The van der Waals surface area contributed by atoms with E-state index in [2.05, 4.69) is 50.4 Å². The quantitative estimate of drug-likeness (QED) is 0.404. The van der Waals surface area contributed by atoms with Crippen molar-refractivity contribution in [2.24, 2.45) is 0 Å². The minimum absolute atomic E-state index is 0.270. The van der Waals surface area contributed by atoms with Gasteiger partial charge in [-0.15, -0.1) is 0 Å². The number of halogens is 1. The van der Waals surface area contributed by atoms with Crippen molar-refractivity contribution >= 4 is 27.8 Å².